The zero-order valence-corrected chi connectivity index (χ0v) is 11.9. The van der Waals surface area contributed by atoms with Gasteiger partial charge in [0.05, 0.1) is 0 Å². The van der Waals surface area contributed by atoms with E-state index in [1.165, 1.54) is 35.3 Å². The number of hydrogen-bond donors (Lipinski definition) is 1. The Morgan fingerprint density at radius 3 is 2.76 bits per heavy atom. The van der Waals surface area contributed by atoms with Gasteiger partial charge in [-0.05, 0) is 49.4 Å². The van der Waals surface area contributed by atoms with Crippen LogP contribution in [0.1, 0.15) is 44.2 Å². The molecule has 2 rings (SSSR count). The molecule has 1 aliphatic carbocycles. The number of rotatable bonds is 6. The molecule has 1 aliphatic rings. The molecule has 17 heavy (non-hydrogen) atoms. The van der Waals surface area contributed by atoms with Crippen LogP contribution in [0.5, 0.6) is 0 Å². The van der Waals surface area contributed by atoms with E-state index in [2.05, 4.69) is 44.3 Å². The first-order valence-corrected chi connectivity index (χ1v) is 7.56. The van der Waals surface area contributed by atoms with Crippen LogP contribution in [0.2, 0.25) is 0 Å². The van der Waals surface area contributed by atoms with Crippen LogP contribution >= 0.6 is 11.8 Å². The summed E-state index contributed by atoms with van der Waals surface area (Å²) >= 11 is 1.98. The maximum atomic E-state index is 3.58. The standard InChI is InChI=1S/C15H23NS/c1-4-12(3)17-15-8-5-13(11(2)9-15)10-16-14-6-7-14/h5,8-9,12,14,16H,4,6-7,10H2,1-3H3. The van der Waals surface area contributed by atoms with E-state index in [9.17, 15) is 0 Å². The third kappa shape index (κ3) is 4.04. The predicted octanol–water partition coefficient (Wildman–Crippen LogP) is 4.14. The monoisotopic (exact) mass is 249 g/mol. The molecule has 2 heteroatoms. The highest BCUT2D eigenvalue weighted by Crippen LogP contribution is 2.27. The minimum Gasteiger partial charge on any atom is -0.310 e. The second-order valence-electron chi connectivity index (χ2n) is 5.08. The Bertz CT molecular complexity index is 371. The van der Waals surface area contributed by atoms with E-state index in [1.54, 1.807) is 0 Å². The fraction of sp³-hybridized carbons (Fsp3) is 0.600. The zero-order chi connectivity index (χ0) is 12.3. The van der Waals surface area contributed by atoms with Crippen molar-refractivity contribution >= 4 is 11.8 Å². The molecule has 1 aromatic rings. The van der Waals surface area contributed by atoms with Gasteiger partial charge in [-0.2, -0.15) is 0 Å². The topological polar surface area (TPSA) is 12.0 Å². The van der Waals surface area contributed by atoms with E-state index in [1.807, 2.05) is 11.8 Å². The molecule has 0 radical (unpaired) electrons. The normalized spacial score (nSPS) is 17.1. The molecule has 94 valence electrons. The fourth-order valence-electron chi connectivity index (χ4n) is 1.80. The van der Waals surface area contributed by atoms with E-state index in [0.717, 1.165) is 12.6 Å². The summed E-state index contributed by atoms with van der Waals surface area (Å²) in [5, 5.41) is 4.29. The highest BCUT2D eigenvalue weighted by Gasteiger charge is 2.20. The molecule has 1 nitrogen and oxygen atoms in total. The SMILES string of the molecule is CCC(C)Sc1ccc(CNC2CC2)c(C)c1. The van der Waals surface area contributed by atoms with Crippen molar-refractivity contribution in [1.29, 1.82) is 0 Å². The summed E-state index contributed by atoms with van der Waals surface area (Å²) in [6.07, 6.45) is 3.96. The number of thioether (sulfide) groups is 1. The second kappa shape index (κ2) is 5.92. The molecule has 1 unspecified atom stereocenters. The minimum absolute atomic E-state index is 0.713. The van der Waals surface area contributed by atoms with Gasteiger partial charge in [0.25, 0.3) is 0 Å². The van der Waals surface area contributed by atoms with Gasteiger partial charge in [-0.25, -0.2) is 0 Å². The van der Waals surface area contributed by atoms with Gasteiger partial charge >= 0.3 is 0 Å². The number of hydrogen-bond acceptors (Lipinski definition) is 2. The van der Waals surface area contributed by atoms with Crippen molar-refractivity contribution in [3.8, 4) is 0 Å². The lowest BCUT2D eigenvalue weighted by atomic mass is 10.1. The molecule has 1 saturated carbocycles. The molecule has 0 amide bonds. The Morgan fingerprint density at radius 2 is 2.18 bits per heavy atom. The van der Waals surface area contributed by atoms with Crippen molar-refractivity contribution in [2.24, 2.45) is 0 Å². The molecular formula is C15H23NS. The van der Waals surface area contributed by atoms with Crippen LogP contribution in [0.15, 0.2) is 23.1 Å². The zero-order valence-electron chi connectivity index (χ0n) is 11.1. The van der Waals surface area contributed by atoms with Crippen LogP contribution in [0.3, 0.4) is 0 Å². The third-order valence-electron chi connectivity index (χ3n) is 3.38. The molecular weight excluding hydrogens is 226 g/mol. The van der Waals surface area contributed by atoms with E-state index < -0.39 is 0 Å². The Hall–Kier alpha value is -0.470. The van der Waals surface area contributed by atoms with Crippen LogP contribution in [0.4, 0.5) is 0 Å². The van der Waals surface area contributed by atoms with Crippen LogP contribution in [-0.4, -0.2) is 11.3 Å². The highest BCUT2D eigenvalue weighted by molar-refractivity contribution is 7.99. The first kappa shape index (κ1) is 13.0. The molecule has 1 aromatic carbocycles. The predicted molar refractivity (Wildman–Crippen MR) is 76.7 cm³/mol. The van der Waals surface area contributed by atoms with Crippen molar-refractivity contribution in [2.75, 3.05) is 0 Å². The molecule has 0 heterocycles. The third-order valence-corrected chi connectivity index (χ3v) is 4.65. The van der Waals surface area contributed by atoms with E-state index in [4.69, 9.17) is 0 Å². The molecule has 1 atom stereocenters. The summed E-state index contributed by atoms with van der Waals surface area (Å²) in [6, 6.07) is 7.69. The molecule has 0 aliphatic heterocycles. The molecule has 0 aromatic heterocycles. The largest absolute Gasteiger partial charge is 0.310 e. The minimum atomic E-state index is 0.713. The maximum Gasteiger partial charge on any atom is 0.0210 e. The van der Waals surface area contributed by atoms with Gasteiger partial charge in [-0.15, -0.1) is 11.8 Å². The maximum absolute atomic E-state index is 3.58. The Balaban J connectivity index is 1.94. The second-order valence-corrected chi connectivity index (χ2v) is 6.59. The summed E-state index contributed by atoms with van der Waals surface area (Å²) in [6.45, 7) is 7.80. The smallest absolute Gasteiger partial charge is 0.0210 e. The van der Waals surface area contributed by atoms with Crippen molar-refractivity contribution in [1.82, 2.24) is 5.32 Å². The lowest BCUT2D eigenvalue weighted by Crippen LogP contribution is -2.15. The average molecular weight is 249 g/mol. The van der Waals surface area contributed by atoms with Gasteiger partial charge in [0.1, 0.15) is 0 Å². The number of benzene rings is 1. The molecule has 0 spiro atoms. The molecule has 1 fully saturated rings. The lowest BCUT2D eigenvalue weighted by Gasteiger charge is -2.12. The Morgan fingerprint density at radius 1 is 1.41 bits per heavy atom. The first-order valence-electron chi connectivity index (χ1n) is 6.68. The lowest BCUT2D eigenvalue weighted by molar-refractivity contribution is 0.685. The number of aryl methyl sites for hydroxylation is 1. The van der Waals surface area contributed by atoms with Crippen molar-refractivity contribution in [3.05, 3.63) is 29.3 Å². The summed E-state index contributed by atoms with van der Waals surface area (Å²) in [5.74, 6) is 0. The first-order chi connectivity index (χ1) is 8.19. The van der Waals surface area contributed by atoms with Gasteiger partial charge in [0, 0.05) is 22.7 Å². The van der Waals surface area contributed by atoms with Gasteiger partial charge in [-0.1, -0.05) is 19.9 Å². The van der Waals surface area contributed by atoms with Gasteiger partial charge in [0.2, 0.25) is 0 Å². The van der Waals surface area contributed by atoms with E-state index in [-0.39, 0.29) is 0 Å². The summed E-state index contributed by atoms with van der Waals surface area (Å²) < 4.78 is 0. The van der Waals surface area contributed by atoms with E-state index in [0.29, 0.717) is 5.25 Å². The Kier molecular flexibility index (Phi) is 4.52. The molecule has 0 saturated heterocycles. The average Bonchev–Trinajstić information content (AvgIpc) is 3.12. The Labute approximate surface area is 109 Å². The fourth-order valence-corrected chi connectivity index (χ4v) is 2.82. The molecule has 1 N–H and O–H groups in total. The van der Waals surface area contributed by atoms with Crippen LogP contribution in [0.25, 0.3) is 0 Å². The van der Waals surface area contributed by atoms with Crippen LogP contribution < -0.4 is 5.32 Å². The quantitative estimate of drug-likeness (QED) is 0.761. The van der Waals surface area contributed by atoms with Gasteiger partial charge in [0.15, 0.2) is 0 Å². The van der Waals surface area contributed by atoms with Crippen molar-refractivity contribution in [2.45, 2.75) is 62.8 Å². The van der Waals surface area contributed by atoms with Crippen LogP contribution in [-0.2, 0) is 6.54 Å². The molecule has 0 bridgehead atoms. The highest BCUT2D eigenvalue weighted by atomic mass is 32.2. The summed E-state index contributed by atoms with van der Waals surface area (Å²) in [5.41, 5.74) is 2.87. The number of nitrogens with one attached hydrogen (secondary N) is 1. The van der Waals surface area contributed by atoms with Crippen molar-refractivity contribution < 1.29 is 0 Å². The van der Waals surface area contributed by atoms with Crippen LogP contribution in [0, 0.1) is 6.92 Å². The van der Waals surface area contributed by atoms with Crippen molar-refractivity contribution in [3.63, 3.8) is 0 Å². The van der Waals surface area contributed by atoms with E-state index >= 15 is 0 Å². The summed E-state index contributed by atoms with van der Waals surface area (Å²) in [4.78, 5) is 1.41. The van der Waals surface area contributed by atoms with Gasteiger partial charge in [-0.3, -0.25) is 0 Å². The van der Waals surface area contributed by atoms with Gasteiger partial charge < -0.3 is 5.32 Å². The summed E-state index contributed by atoms with van der Waals surface area (Å²) in [7, 11) is 0.